The molecule has 0 bridgehead atoms. The molecule has 130 valence electrons. The Morgan fingerprint density at radius 2 is 2.12 bits per heavy atom. The van der Waals surface area contributed by atoms with Crippen molar-refractivity contribution < 1.29 is 4.79 Å². The Bertz CT molecular complexity index is 792. The van der Waals surface area contributed by atoms with Crippen molar-refractivity contribution in [3.63, 3.8) is 0 Å². The Labute approximate surface area is 147 Å². The predicted octanol–water partition coefficient (Wildman–Crippen LogP) is 2.43. The zero-order chi connectivity index (χ0) is 17.4. The van der Waals surface area contributed by atoms with Gasteiger partial charge in [-0.3, -0.25) is 9.78 Å². The highest BCUT2D eigenvalue weighted by Crippen LogP contribution is 2.32. The standard InChI is InChI=1S/C19H23N5O/c1-13-6-5-10-24(13)19-15-8-11-23(14(2)25)12-17(15)21-18(22-19)16-7-3-4-9-20-16/h3-4,7,9,13H,5-6,8,10-12H2,1-2H3. The molecule has 4 heterocycles. The molecule has 2 aliphatic heterocycles. The van der Waals surface area contributed by atoms with Crippen LogP contribution in [0.5, 0.6) is 0 Å². The predicted molar refractivity (Wildman–Crippen MR) is 96.1 cm³/mol. The molecule has 1 fully saturated rings. The van der Waals surface area contributed by atoms with Crippen molar-refractivity contribution >= 4 is 11.7 Å². The third-order valence-corrected chi connectivity index (χ3v) is 5.21. The molecule has 1 atom stereocenters. The fraction of sp³-hybridized carbons (Fsp3) is 0.474. The van der Waals surface area contributed by atoms with E-state index in [0.29, 0.717) is 18.4 Å². The smallest absolute Gasteiger partial charge is 0.219 e. The van der Waals surface area contributed by atoms with Gasteiger partial charge in [-0.25, -0.2) is 9.97 Å². The van der Waals surface area contributed by atoms with Crippen LogP contribution >= 0.6 is 0 Å². The summed E-state index contributed by atoms with van der Waals surface area (Å²) in [5.74, 6) is 1.79. The maximum Gasteiger partial charge on any atom is 0.219 e. The summed E-state index contributed by atoms with van der Waals surface area (Å²) in [6, 6.07) is 6.26. The van der Waals surface area contributed by atoms with Crippen molar-refractivity contribution in [3.05, 3.63) is 35.7 Å². The van der Waals surface area contributed by atoms with Gasteiger partial charge in [-0.15, -0.1) is 0 Å². The first-order chi connectivity index (χ1) is 12.1. The first-order valence-electron chi connectivity index (χ1n) is 8.97. The number of rotatable bonds is 2. The number of carbonyl (C=O) groups is 1. The van der Waals surface area contributed by atoms with Crippen LogP contribution in [-0.4, -0.2) is 44.9 Å². The second-order valence-corrected chi connectivity index (χ2v) is 6.89. The maximum atomic E-state index is 11.8. The molecule has 0 spiro atoms. The third-order valence-electron chi connectivity index (χ3n) is 5.21. The molecular weight excluding hydrogens is 314 g/mol. The van der Waals surface area contributed by atoms with Crippen LogP contribution in [0.4, 0.5) is 5.82 Å². The highest BCUT2D eigenvalue weighted by atomic mass is 16.2. The van der Waals surface area contributed by atoms with Crippen molar-refractivity contribution in [3.8, 4) is 11.5 Å². The zero-order valence-electron chi connectivity index (χ0n) is 14.8. The molecule has 4 rings (SSSR count). The van der Waals surface area contributed by atoms with Crippen molar-refractivity contribution in [1.82, 2.24) is 19.9 Å². The lowest BCUT2D eigenvalue weighted by Gasteiger charge is -2.32. The number of carbonyl (C=O) groups excluding carboxylic acids is 1. The number of amides is 1. The van der Waals surface area contributed by atoms with Gasteiger partial charge in [-0.2, -0.15) is 0 Å². The number of aromatic nitrogens is 3. The van der Waals surface area contributed by atoms with Crippen LogP contribution in [0.2, 0.25) is 0 Å². The first kappa shape index (κ1) is 16.0. The van der Waals surface area contributed by atoms with Crippen LogP contribution in [0.15, 0.2) is 24.4 Å². The van der Waals surface area contributed by atoms with Gasteiger partial charge in [0.05, 0.1) is 12.2 Å². The molecule has 2 aromatic rings. The maximum absolute atomic E-state index is 11.8. The number of fused-ring (bicyclic) bond motifs is 1. The van der Waals surface area contributed by atoms with E-state index in [1.807, 2.05) is 23.1 Å². The van der Waals surface area contributed by atoms with Gasteiger partial charge >= 0.3 is 0 Å². The molecule has 25 heavy (non-hydrogen) atoms. The number of pyridine rings is 1. The van der Waals surface area contributed by atoms with Gasteiger partial charge in [0.25, 0.3) is 0 Å². The van der Waals surface area contributed by atoms with E-state index in [0.717, 1.165) is 36.7 Å². The molecule has 0 N–H and O–H groups in total. The topological polar surface area (TPSA) is 62.2 Å². The average Bonchev–Trinajstić information content (AvgIpc) is 3.06. The summed E-state index contributed by atoms with van der Waals surface area (Å²) >= 11 is 0. The summed E-state index contributed by atoms with van der Waals surface area (Å²) in [6.45, 7) is 6.21. The number of hydrogen-bond donors (Lipinski definition) is 0. The summed E-state index contributed by atoms with van der Waals surface area (Å²) in [5.41, 5.74) is 2.94. The van der Waals surface area contributed by atoms with E-state index in [9.17, 15) is 4.79 Å². The summed E-state index contributed by atoms with van der Waals surface area (Å²) in [4.78, 5) is 30.2. The summed E-state index contributed by atoms with van der Waals surface area (Å²) < 4.78 is 0. The van der Waals surface area contributed by atoms with Crippen LogP contribution in [-0.2, 0) is 17.8 Å². The van der Waals surface area contributed by atoms with E-state index in [2.05, 4.69) is 16.8 Å². The van der Waals surface area contributed by atoms with Crippen LogP contribution < -0.4 is 4.90 Å². The van der Waals surface area contributed by atoms with Gasteiger partial charge in [-0.1, -0.05) is 6.07 Å². The Morgan fingerprint density at radius 3 is 2.80 bits per heavy atom. The van der Waals surface area contributed by atoms with Gasteiger partial charge in [0.15, 0.2) is 5.82 Å². The highest BCUT2D eigenvalue weighted by Gasteiger charge is 2.30. The van der Waals surface area contributed by atoms with Gasteiger partial charge in [0, 0.05) is 37.8 Å². The van der Waals surface area contributed by atoms with E-state index in [1.54, 1.807) is 13.1 Å². The summed E-state index contributed by atoms with van der Waals surface area (Å²) in [7, 11) is 0. The lowest BCUT2D eigenvalue weighted by molar-refractivity contribution is -0.129. The van der Waals surface area contributed by atoms with Crippen molar-refractivity contribution in [2.24, 2.45) is 0 Å². The molecule has 0 aromatic carbocycles. The van der Waals surface area contributed by atoms with Crippen LogP contribution in [0.25, 0.3) is 11.5 Å². The van der Waals surface area contributed by atoms with Gasteiger partial charge in [-0.05, 0) is 38.3 Å². The first-order valence-corrected chi connectivity index (χ1v) is 8.97. The normalized spacial score (nSPS) is 19.8. The van der Waals surface area contributed by atoms with Crippen LogP contribution in [0, 0.1) is 0 Å². The molecule has 2 aromatic heterocycles. The van der Waals surface area contributed by atoms with E-state index in [1.165, 1.54) is 18.4 Å². The van der Waals surface area contributed by atoms with Crippen molar-refractivity contribution in [1.29, 1.82) is 0 Å². The van der Waals surface area contributed by atoms with Gasteiger partial charge in [0.1, 0.15) is 11.5 Å². The van der Waals surface area contributed by atoms with E-state index >= 15 is 0 Å². The second-order valence-electron chi connectivity index (χ2n) is 6.89. The molecule has 6 nitrogen and oxygen atoms in total. The molecule has 0 saturated carbocycles. The highest BCUT2D eigenvalue weighted by molar-refractivity contribution is 5.74. The van der Waals surface area contributed by atoms with Crippen molar-refractivity contribution in [2.45, 2.75) is 45.7 Å². The van der Waals surface area contributed by atoms with E-state index in [-0.39, 0.29) is 5.91 Å². The van der Waals surface area contributed by atoms with Crippen molar-refractivity contribution in [2.75, 3.05) is 18.0 Å². The summed E-state index contributed by atoms with van der Waals surface area (Å²) in [6.07, 6.45) is 4.96. The zero-order valence-corrected chi connectivity index (χ0v) is 14.8. The summed E-state index contributed by atoms with van der Waals surface area (Å²) in [5, 5.41) is 0. The molecule has 1 saturated heterocycles. The Kier molecular flexibility index (Phi) is 4.11. The molecule has 1 unspecified atom stereocenters. The Hall–Kier alpha value is -2.50. The fourth-order valence-corrected chi connectivity index (χ4v) is 3.77. The van der Waals surface area contributed by atoms with Crippen LogP contribution in [0.1, 0.15) is 37.9 Å². The molecular formula is C19H23N5O. The lowest BCUT2D eigenvalue weighted by atomic mass is 10.0. The lowest BCUT2D eigenvalue weighted by Crippen LogP contribution is -2.37. The molecule has 2 aliphatic rings. The minimum atomic E-state index is 0.0970. The number of anilines is 1. The van der Waals surface area contributed by atoms with Crippen LogP contribution in [0.3, 0.4) is 0 Å². The second kappa shape index (κ2) is 6.43. The molecule has 0 aliphatic carbocycles. The molecule has 0 radical (unpaired) electrons. The monoisotopic (exact) mass is 337 g/mol. The van der Waals surface area contributed by atoms with Gasteiger partial charge < -0.3 is 9.80 Å². The molecule has 6 heteroatoms. The largest absolute Gasteiger partial charge is 0.354 e. The average molecular weight is 337 g/mol. The van der Waals surface area contributed by atoms with E-state index < -0.39 is 0 Å². The minimum absolute atomic E-state index is 0.0970. The molecule has 1 amide bonds. The minimum Gasteiger partial charge on any atom is -0.354 e. The third kappa shape index (κ3) is 2.97. The number of hydrogen-bond acceptors (Lipinski definition) is 5. The van der Waals surface area contributed by atoms with Gasteiger partial charge in [0.2, 0.25) is 5.91 Å². The Balaban J connectivity index is 1.82. The quantitative estimate of drug-likeness (QED) is 0.842. The van der Waals surface area contributed by atoms with E-state index in [4.69, 9.17) is 9.97 Å². The Morgan fingerprint density at radius 1 is 1.24 bits per heavy atom. The fourth-order valence-electron chi connectivity index (χ4n) is 3.77. The SMILES string of the molecule is CC(=O)N1CCc2c(nc(-c3ccccn3)nc2N2CCCC2C)C1. The number of nitrogens with zero attached hydrogens (tertiary/aromatic N) is 5.